The number of nitrogens with one attached hydrogen (secondary N) is 11. The highest BCUT2D eigenvalue weighted by atomic mass is 16.2. The summed E-state index contributed by atoms with van der Waals surface area (Å²) < 4.78 is 0. The number of carbonyl (C=O) groups excluding carboxylic acids is 10. The van der Waals surface area contributed by atoms with E-state index in [2.05, 4.69) is 217 Å². The topological polar surface area (TPSA) is 332 Å². The first-order chi connectivity index (χ1) is 66.6. The number of nitrogens with zero attached hydrogens (tertiary/aromatic N) is 9. The van der Waals surface area contributed by atoms with Crippen LogP contribution >= 0.6 is 0 Å². The fraction of sp³-hybridized carbons (Fsp3) is 0.910. The molecule has 141 heavy (non-hydrogen) atoms. The van der Waals surface area contributed by atoms with Crippen molar-refractivity contribution in [2.24, 2.45) is 65.1 Å². The molecule has 0 radical (unpaired) electrons. The summed E-state index contributed by atoms with van der Waals surface area (Å²) in [5.41, 5.74) is -0.0877. The quantitative estimate of drug-likeness (QED) is 0.0572. The SMILES string of the molecule is CCC(C)(C)N1CC(C)CCC(NC)C1=O.CCN1CC(C)CCC(NC)C1=O.CNC1CCC(C)CN(C(C)(C)C)C1=O.CNC1CCC(C)CN(C(C)C)C1=O.CNC1CCC(C)CN(C)C1=O.CNC1CCC(C)CN(C2CC2)C1=O.CNC1CCC(C)CN(C2CCC2)C1=O.CNC1CCC(C)CN(C2CCCC2)C1=O.CNC1CCC(C)CN(CC(C)C)C1=O.CNC1CCC(C)CNC1=O. The summed E-state index contributed by atoms with van der Waals surface area (Å²) in [5, 5.41) is 34.0. The van der Waals surface area contributed by atoms with E-state index in [1.165, 1.54) is 77.0 Å². The van der Waals surface area contributed by atoms with Crippen LogP contribution in [0.5, 0.6) is 0 Å². The van der Waals surface area contributed by atoms with Crippen LogP contribution in [0.15, 0.2) is 0 Å². The Morgan fingerprint density at radius 1 is 0.291 bits per heavy atom. The van der Waals surface area contributed by atoms with E-state index in [1.807, 2.05) is 109 Å². The smallest absolute Gasteiger partial charge is 0.240 e. The third-order valence-electron chi connectivity index (χ3n) is 32.2. The van der Waals surface area contributed by atoms with E-state index in [0.717, 1.165) is 194 Å². The van der Waals surface area contributed by atoms with Gasteiger partial charge in [-0.05, 0) is 371 Å². The minimum atomic E-state index is -0.0647. The summed E-state index contributed by atoms with van der Waals surface area (Å²) in [6.45, 7) is 56.6. The van der Waals surface area contributed by atoms with Crippen molar-refractivity contribution < 1.29 is 47.9 Å². The summed E-state index contributed by atoms with van der Waals surface area (Å²) in [5.74, 6) is 9.67. The van der Waals surface area contributed by atoms with Crippen molar-refractivity contribution in [1.29, 1.82) is 0 Å². The number of hydrogen-bond donors (Lipinski definition) is 11. The predicted octanol–water partition coefficient (Wildman–Crippen LogP) is 12.0. The first kappa shape index (κ1) is 128. The molecule has 0 bridgehead atoms. The summed E-state index contributed by atoms with van der Waals surface area (Å²) >= 11 is 0. The number of carbonyl (C=O) groups is 10. The summed E-state index contributed by atoms with van der Waals surface area (Å²) in [6, 6.07) is 2.36. The lowest BCUT2D eigenvalue weighted by atomic mass is 9.90. The van der Waals surface area contributed by atoms with Crippen molar-refractivity contribution in [2.75, 3.05) is 156 Å². The lowest BCUT2D eigenvalue weighted by molar-refractivity contribution is -0.139. The molecule has 3 aliphatic carbocycles. The van der Waals surface area contributed by atoms with Gasteiger partial charge in [-0.2, -0.15) is 0 Å². The highest BCUT2D eigenvalue weighted by Gasteiger charge is 2.43. The second kappa shape index (κ2) is 65.2. The molecule has 30 heteroatoms. The van der Waals surface area contributed by atoms with Crippen LogP contribution in [0.3, 0.4) is 0 Å². The maximum Gasteiger partial charge on any atom is 0.240 e. The van der Waals surface area contributed by atoms with Crippen molar-refractivity contribution in [3.8, 4) is 0 Å². The molecular formula is C111H216N20O10. The molecule has 20 atom stereocenters. The monoisotopic (exact) mass is 1990 g/mol. The van der Waals surface area contributed by atoms with Crippen molar-refractivity contribution in [3.63, 3.8) is 0 Å². The van der Waals surface area contributed by atoms with Gasteiger partial charge in [0.15, 0.2) is 0 Å². The fourth-order valence-electron chi connectivity index (χ4n) is 21.6. The average Bonchev–Trinajstić information content (AvgIpc) is 1.81. The van der Waals surface area contributed by atoms with Crippen molar-refractivity contribution in [2.45, 2.75) is 434 Å². The van der Waals surface area contributed by atoms with Crippen LogP contribution in [0.4, 0.5) is 0 Å². The highest BCUT2D eigenvalue weighted by molar-refractivity contribution is 5.87. The van der Waals surface area contributed by atoms with Gasteiger partial charge < -0.3 is 103 Å². The van der Waals surface area contributed by atoms with Crippen LogP contribution in [-0.4, -0.2) is 355 Å². The molecule has 10 saturated heterocycles. The Labute approximate surface area is 859 Å². The zero-order valence-electron chi connectivity index (χ0n) is 95.7. The van der Waals surface area contributed by atoms with Crippen molar-refractivity contribution in [3.05, 3.63) is 0 Å². The van der Waals surface area contributed by atoms with Gasteiger partial charge >= 0.3 is 0 Å². The standard InChI is InChI=1S/C13H24N2O.C13H26N2O.C12H22N2O.2C12H24N2O.C11H20N2O.C11H22N2O.C10H20N2O.C9H18N2O.C8H16N2O/c1-10-7-8-12(14-2)13(16)15(9-10)11-5-3-4-6-11;1-6-13(3,4)15-9-10(2)7-8-11(14-5)12(15)16;1-9-6-7-11(13-2)12(15)14(8-9)10-4-3-5-10;1-9-6-7-10(13-5)11(15)14(8-9)12(2,3)4;1-9(2)7-14-8-10(3)5-6-11(13-4)12(14)15;1-8-3-6-10(12-2)11(14)13(7-8)9-4-5-9;1-8(2)13-7-9(3)5-6-10(12-4)11(13)14;1-4-12-7-8(2)5-6-9(11-3)10(12)13;1-7-4-5-8(10-2)9(12)11(3)6-7;1-6-3-4-7(9-2)8(11)10-5-6/h10-12,14H,3-9H2,1-2H3;10-11,14H,6-9H2,1-5H3;9-11,13H,3-8H2,1-2H3;9-10,13H,6-8H2,1-5H3;9-11,13H,5-8H2,1-4H3;8-10,12H,3-7H2,1-2H3;8-10,12H,5-7H2,1-4H3;8-9,11H,4-7H2,1-3H3;7-8,10H,4-6H2,1-3H3;6-7,9H,3-5H2,1-2H3,(H,10,11). The van der Waals surface area contributed by atoms with Crippen molar-refractivity contribution >= 4 is 59.1 Å². The van der Waals surface area contributed by atoms with Crippen LogP contribution < -0.4 is 58.5 Å². The van der Waals surface area contributed by atoms with E-state index in [9.17, 15) is 47.9 Å². The second-order valence-electron chi connectivity index (χ2n) is 47.3. The van der Waals surface area contributed by atoms with Gasteiger partial charge in [0, 0.05) is 121 Å². The lowest BCUT2D eigenvalue weighted by Gasteiger charge is -2.39. The second-order valence-corrected chi connectivity index (χ2v) is 47.3. The molecule has 0 spiro atoms. The van der Waals surface area contributed by atoms with E-state index >= 15 is 0 Å². The van der Waals surface area contributed by atoms with Gasteiger partial charge in [0.25, 0.3) is 0 Å². The maximum absolute atomic E-state index is 12.4. The Bertz CT molecular complexity index is 3580. The van der Waals surface area contributed by atoms with Crippen LogP contribution in [0.2, 0.25) is 0 Å². The largest absolute Gasteiger partial charge is 0.354 e. The van der Waals surface area contributed by atoms with Crippen LogP contribution in [-0.2, 0) is 47.9 Å². The van der Waals surface area contributed by atoms with Gasteiger partial charge in [-0.3, -0.25) is 47.9 Å². The number of likely N-dealkylation sites (tertiary alicyclic amines) is 9. The van der Waals surface area contributed by atoms with Gasteiger partial charge in [-0.1, -0.05) is 103 Å². The van der Waals surface area contributed by atoms with E-state index in [0.29, 0.717) is 107 Å². The Kier molecular flexibility index (Phi) is 59.0. The summed E-state index contributed by atoms with van der Waals surface area (Å²) in [6.07, 6.45) is 33.5. The zero-order valence-corrected chi connectivity index (χ0v) is 95.7. The molecule has 0 aromatic rings. The molecule has 13 aliphatic rings. The van der Waals surface area contributed by atoms with Gasteiger partial charge in [0.1, 0.15) is 0 Å². The van der Waals surface area contributed by atoms with Crippen molar-refractivity contribution in [1.82, 2.24) is 103 Å². The Balaban J connectivity index is 0.000000327. The fourth-order valence-corrected chi connectivity index (χ4v) is 21.6. The third kappa shape index (κ3) is 42.8. The molecule has 20 unspecified atom stereocenters. The van der Waals surface area contributed by atoms with E-state index in [-0.39, 0.29) is 113 Å². The number of hydrogen-bond acceptors (Lipinski definition) is 20. The molecule has 13 fully saturated rings. The lowest BCUT2D eigenvalue weighted by Crippen LogP contribution is -2.53. The summed E-state index contributed by atoms with van der Waals surface area (Å²) in [4.78, 5) is 138. The molecule has 11 N–H and O–H groups in total. The van der Waals surface area contributed by atoms with Gasteiger partial charge in [-0.15, -0.1) is 0 Å². The minimum absolute atomic E-state index is 0.00850. The van der Waals surface area contributed by atoms with E-state index in [4.69, 9.17) is 0 Å². The number of likely N-dealkylation sites (N-methyl/N-ethyl adjacent to an activating group) is 12. The van der Waals surface area contributed by atoms with Crippen LogP contribution in [0.25, 0.3) is 0 Å². The van der Waals surface area contributed by atoms with Crippen LogP contribution in [0.1, 0.15) is 338 Å². The van der Waals surface area contributed by atoms with E-state index < -0.39 is 0 Å². The molecule has 10 amide bonds. The molecule has 10 aliphatic heterocycles. The van der Waals surface area contributed by atoms with Gasteiger partial charge in [0.2, 0.25) is 59.1 Å². The minimum Gasteiger partial charge on any atom is -0.354 e. The Hall–Kier alpha value is -5.70. The first-order valence-electron chi connectivity index (χ1n) is 56.3. The first-order valence-corrected chi connectivity index (χ1v) is 56.3. The van der Waals surface area contributed by atoms with Crippen LogP contribution in [0, 0.1) is 65.1 Å². The van der Waals surface area contributed by atoms with E-state index in [1.54, 1.807) is 0 Å². The average molecular weight is 1990 g/mol. The predicted molar refractivity (Wildman–Crippen MR) is 579 cm³/mol. The zero-order chi connectivity index (χ0) is 106. The maximum atomic E-state index is 12.4. The molecule has 0 aromatic carbocycles. The molecular weight excluding hydrogens is 1770 g/mol. The molecule has 3 saturated carbocycles. The molecule has 820 valence electrons. The Morgan fingerprint density at radius 3 is 0.894 bits per heavy atom. The summed E-state index contributed by atoms with van der Waals surface area (Å²) in [7, 11) is 20.7. The number of amides is 10. The number of rotatable bonds is 19. The highest BCUT2D eigenvalue weighted by Crippen LogP contribution is 2.35. The Morgan fingerprint density at radius 2 is 0.567 bits per heavy atom. The molecule has 30 nitrogen and oxygen atoms in total. The van der Waals surface area contributed by atoms with Gasteiger partial charge in [-0.25, -0.2) is 0 Å². The third-order valence-corrected chi connectivity index (χ3v) is 32.2. The van der Waals surface area contributed by atoms with Gasteiger partial charge in [0.05, 0.1) is 60.4 Å². The molecule has 10 heterocycles. The molecule has 0 aromatic heterocycles. The normalized spacial score (nSPS) is 31.1. The molecule has 13 rings (SSSR count).